The Kier molecular flexibility index (Phi) is 4.33. The van der Waals surface area contributed by atoms with E-state index < -0.39 is 0 Å². The molecular formula is C20H17FN6. The maximum absolute atomic E-state index is 13.1. The van der Waals surface area contributed by atoms with Crippen LogP contribution < -0.4 is 10.6 Å². The van der Waals surface area contributed by atoms with Crippen molar-refractivity contribution in [2.75, 3.05) is 10.6 Å². The number of rotatable bonds is 4. The number of nitrogens with zero attached hydrogens (tertiary/aromatic N) is 4. The monoisotopic (exact) mass is 360 g/mol. The number of aryl methyl sites for hydroxylation is 2. The third kappa shape index (κ3) is 3.67. The number of benzene rings is 2. The molecule has 0 fully saturated rings. The second-order valence-electron chi connectivity index (χ2n) is 6.20. The fraction of sp³-hybridized carbons (Fsp3) is 0.100. The predicted molar refractivity (Wildman–Crippen MR) is 104 cm³/mol. The Morgan fingerprint density at radius 3 is 2.41 bits per heavy atom. The molecule has 4 aromatic rings. The fourth-order valence-corrected chi connectivity index (χ4v) is 2.75. The van der Waals surface area contributed by atoms with Gasteiger partial charge in [-0.05, 0) is 49.7 Å². The van der Waals surface area contributed by atoms with Gasteiger partial charge in [0, 0.05) is 23.8 Å². The Morgan fingerprint density at radius 2 is 1.63 bits per heavy atom. The summed E-state index contributed by atoms with van der Waals surface area (Å²) in [4.78, 5) is 17.6. The molecule has 27 heavy (non-hydrogen) atoms. The molecule has 2 heterocycles. The van der Waals surface area contributed by atoms with E-state index >= 15 is 0 Å². The molecule has 2 aromatic heterocycles. The van der Waals surface area contributed by atoms with Crippen LogP contribution in [0.4, 0.5) is 27.5 Å². The van der Waals surface area contributed by atoms with Gasteiger partial charge in [0.05, 0.1) is 0 Å². The summed E-state index contributed by atoms with van der Waals surface area (Å²) in [5.41, 5.74) is 4.92. The maximum atomic E-state index is 13.1. The van der Waals surface area contributed by atoms with Crippen molar-refractivity contribution in [3.8, 4) is 0 Å². The Morgan fingerprint density at radius 1 is 0.852 bits per heavy atom. The zero-order valence-corrected chi connectivity index (χ0v) is 14.9. The van der Waals surface area contributed by atoms with Gasteiger partial charge in [-0.15, -0.1) is 0 Å². The van der Waals surface area contributed by atoms with Crippen LogP contribution in [0.15, 0.2) is 54.9 Å². The second kappa shape index (κ2) is 6.95. The summed E-state index contributed by atoms with van der Waals surface area (Å²) in [6, 6.07) is 12.1. The smallest absolute Gasteiger partial charge is 0.231 e. The van der Waals surface area contributed by atoms with Gasteiger partial charge in [0.1, 0.15) is 5.82 Å². The summed E-state index contributed by atoms with van der Waals surface area (Å²) < 4.78 is 13.1. The third-order valence-electron chi connectivity index (χ3n) is 4.07. The largest absolute Gasteiger partial charge is 0.338 e. The van der Waals surface area contributed by atoms with E-state index in [1.165, 1.54) is 17.7 Å². The van der Waals surface area contributed by atoms with Crippen molar-refractivity contribution in [1.82, 2.24) is 19.9 Å². The first kappa shape index (κ1) is 16.8. The molecule has 4 rings (SSSR count). The zero-order valence-electron chi connectivity index (χ0n) is 14.9. The first-order valence-corrected chi connectivity index (χ1v) is 8.44. The average Bonchev–Trinajstić information content (AvgIpc) is 2.66. The topological polar surface area (TPSA) is 75.6 Å². The highest BCUT2D eigenvalue weighted by atomic mass is 19.1. The molecule has 6 nitrogen and oxygen atoms in total. The molecule has 0 spiro atoms. The molecule has 0 saturated carbocycles. The molecule has 0 amide bonds. The summed E-state index contributed by atoms with van der Waals surface area (Å²) in [7, 11) is 0. The summed E-state index contributed by atoms with van der Waals surface area (Å²) in [6.07, 6.45) is 3.18. The van der Waals surface area contributed by atoms with Crippen molar-refractivity contribution < 1.29 is 4.39 Å². The van der Waals surface area contributed by atoms with Gasteiger partial charge < -0.3 is 10.6 Å². The Balaban J connectivity index is 1.75. The van der Waals surface area contributed by atoms with E-state index in [1.54, 1.807) is 24.5 Å². The Bertz CT molecular complexity index is 1110. The highest BCUT2D eigenvalue weighted by Crippen LogP contribution is 2.26. The van der Waals surface area contributed by atoms with Crippen molar-refractivity contribution >= 4 is 34.3 Å². The summed E-state index contributed by atoms with van der Waals surface area (Å²) in [6.45, 7) is 4.08. The van der Waals surface area contributed by atoms with Crippen molar-refractivity contribution in [2.45, 2.75) is 13.8 Å². The van der Waals surface area contributed by atoms with Gasteiger partial charge in [-0.1, -0.05) is 17.7 Å². The molecule has 0 radical (unpaired) electrons. The molecule has 2 N–H and O–H groups in total. The lowest BCUT2D eigenvalue weighted by atomic mass is 10.1. The summed E-state index contributed by atoms with van der Waals surface area (Å²) >= 11 is 0. The lowest BCUT2D eigenvalue weighted by Crippen LogP contribution is -2.04. The minimum absolute atomic E-state index is 0.303. The number of hydrogen-bond donors (Lipinski definition) is 2. The molecule has 0 aliphatic heterocycles. The van der Waals surface area contributed by atoms with Crippen LogP contribution in [0.25, 0.3) is 11.2 Å². The molecule has 2 aromatic carbocycles. The van der Waals surface area contributed by atoms with Crippen LogP contribution in [-0.4, -0.2) is 19.9 Å². The lowest BCUT2D eigenvalue weighted by Gasteiger charge is -2.13. The van der Waals surface area contributed by atoms with E-state index in [9.17, 15) is 4.39 Å². The lowest BCUT2D eigenvalue weighted by molar-refractivity contribution is 0.628. The standard InChI is InChI=1S/C20H17FN6/c1-12-3-8-16(13(2)11-12)25-19-17-18(23-10-9-22-17)26-20(27-19)24-15-6-4-14(21)5-7-15/h3-11H,1-2H3,(H2,23,24,25,26,27). The maximum Gasteiger partial charge on any atom is 0.231 e. The van der Waals surface area contributed by atoms with Crippen LogP contribution in [0.2, 0.25) is 0 Å². The van der Waals surface area contributed by atoms with E-state index in [-0.39, 0.29) is 5.82 Å². The number of aromatic nitrogens is 4. The van der Waals surface area contributed by atoms with E-state index in [4.69, 9.17) is 0 Å². The van der Waals surface area contributed by atoms with E-state index in [0.29, 0.717) is 28.6 Å². The van der Waals surface area contributed by atoms with Crippen molar-refractivity contribution in [2.24, 2.45) is 0 Å². The molecule has 0 bridgehead atoms. The summed E-state index contributed by atoms with van der Waals surface area (Å²) in [5, 5.41) is 6.40. The molecule has 0 saturated heterocycles. The van der Waals surface area contributed by atoms with Gasteiger partial charge >= 0.3 is 0 Å². The quantitative estimate of drug-likeness (QED) is 0.551. The molecular weight excluding hydrogens is 343 g/mol. The molecule has 134 valence electrons. The molecule has 0 aliphatic carbocycles. The number of nitrogens with one attached hydrogen (secondary N) is 2. The molecule has 0 atom stereocenters. The van der Waals surface area contributed by atoms with Gasteiger partial charge in [0.2, 0.25) is 5.95 Å². The molecule has 0 unspecified atom stereocenters. The normalized spacial score (nSPS) is 10.8. The first-order valence-electron chi connectivity index (χ1n) is 8.44. The first-order chi connectivity index (χ1) is 13.1. The van der Waals surface area contributed by atoms with Gasteiger partial charge in [0.25, 0.3) is 0 Å². The third-order valence-corrected chi connectivity index (χ3v) is 4.07. The van der Waals surface area contributed by atoms with Crippen LogP contribution in [0.1, 0.15) is 11.1 Å². The molecule has 0 aliphatic rings. The Hall–Kier alpha value is -3.61. The number of fused-ring (bicyclic) bond motifs is 1. The minimum Gasteiger partial charge on any atom is -0.338 e. The van der Waals surface area contributed by atoms with E-state index in [0.717, 1.165) is 11.3 Å². The SMILES string of the molecule is Cc1ccc(Nc2nc(Nc3ccc(F)cc3)nc3nccnc23)c(C)c1. The van der Waals surface area contributed by atoms with Crippen molar-refractivity contribution in [3.05, 3.63) is 71.8 Å². The van der Waals surface area contributed by atoms with Crippen molar-refractivity contribution in [1.29, 1.82) is 0 Å². The average molecular weight is 360 g/mol. The predicted octanol–water partition coefficient (Wildman–Crippen LogP) is 4.66. The van der Waals surface area contributed by atoms with Crippen molar-refractivity contribution in [3.63, 3.8) is 0 Å². The molecule has 7 heteroatoms. The fourth-order valence-electron chi connectivity index (χ4n) is 2.75. The van der Waals surface area contributed by atoms with Crippen LogP contribution in [0, 0.1) is 19.7 Å². The summed E-state index contributed by atoms with van der Waals surface area (Å²) in [5.74, 6) is 0.592. The van der Waals surface area contributed by atoms with Gasteiger partial charge in [-0.3, -0.25) is 0 Å². The number of anilines is 4. The van der Waals surface area contributed by atoms with E-state index in [1.807, 2.05) is 26.0 Å². The van der Waals surface area contributed by atoms with Gasteiger partial charge in [-0.2, -0.15) is 9.97 Å². The highest BCUT2D eigenvalue weighted by Gasteiger charge is 2.11. The Labute approximate surface area is 155 Å². The minimum atomic E-state index is -0.303. The van der Waals surface area contributed by atoms with E-state index in [2.05, 4.69) is 36.6 Å². The highest BCUT2D eigenvalue weighted by molar-refractivity contribution is 5.86. The second-order valence-corrected chi connectivity index (χ2v) is 6.20. The van der Waals surface area contributed by atoms with Crippen LogP contribution in [0.3, 0.4) is 0 Å². The van der Waals surface area contributed by atoms with Crippen LogP contribution >= 0.6 is 0 Å². The number of hydrogen-bond acceptors (Lipinski definition) is 6. The zero-order chi connectivity index (χ0) is 18.8. The van der Waals surface area contributed by atoms with Gasteiger partial charge in [-0.25, -0.2) is 14.4 Å². The van der Waals surface area contributed by atoms with Crippen LogP contribution in [0.5, 0.6) is 0 Å². The van der Waals surface area contributed by atoms with Crippen LogP contribution in [-0.2, 0) is 0 Å². The van der Waals surface area contributed by atoms with Gasteiger partial charge in [0.15, 0.2) is 17.0 Å². The number of halogens is 1.